The first-order chi connectivity index (χ1) is 14.0. The second-order valence-electron chi connectivity index (χ2n) is 6.80. The van der Waals surface area contributed by atoms with Crippen LogP contribution in [0.3, 0.4) is 0 Å². The molecular formula is C21H26O7S. The molecule has 158 valence electrons. The van der Waals surface area contributed by atoms with E-state index in [2.05, 4.69) is 0 Å². The minimum Gasteiger partial charge on any atom is -0.368 e. The monoisotopic (exact) mass is 422 g/mol. The van der Waals surface area contributed by atoms with E-state index >= 15 is 0 Å². The highest BCUT2D eigenvalue weighted by molar-refractivity contribution is 7.86. The number of methoxy groups -OCH3 is 1. The lowest BCUT2D eigenvalue weighted by Gasteiger charge is -2.40. The molecule has 0 amide bonds. The molecular weight excluding hydrogens is 396 g/mol. The Balaban J connectivity index is 1.78. The van der Waals surface area contributed by atoms with Crippen LogP contribution in [-0.2, 0) is 46.5 Å². The molecule has 1 aliphatic rings. The van der Waals surface area contributed by atoms with Gasteiger partial charge in [0.25, 0.3) is 10.1 Å². The number of benzene rings is 2. The molecule has 2 aromatic carbocycles. The highest BCUT2D eigenvalue weighted by Crippen LogP contribution is 2.27. The van der Waals surface area contributed by atoms with Gasteiger partial charge in [-0.3, -0.25) is 4.18 Å². The fraction of sp³-hybridized carbons (Fsp3) is 0.429. The first kappa shape index (κ1) is 21.9. The van der Waals surface area contributed by atoms with Crippen molar-refractivity contribution in [2.75, 3.05) is 20.0 Å². The van der Waals surface area contributed by atoms with E-state index in [1.807, 2.05) is 60.7 Å². The lowest BCUT2D eigenvalue weighted by molar-refractivity contribution is -0.282. The van der Waals surface area contributed by atoms with Gasteiger partial charge < -0.3 is 18.9 Å². The molecule has 0 saturated carbocycles. The van der Waals surface area contributed by atoms with E-state index in [9.17, 15) is 8.42 Å². The maximum atomic E-state index is 11.8. The quantitative estimate of drug-likeness (QED) is 0.575. The third-order valence-corrected chi connectivity index (χ3v) is 5.08. The summed E-state index contributed by atoms with van der Waals surface area (Å²) in [6.07, 6.45) is -1.93. The average Bonchev–Trinajstić information content (AvgIpc) is 2.72. The predicted octanol–water partition coefficient (Wildman–Crippen LogP) is 2.50. The maximum absolute atomic E-state index is 11.8. The zero-order chi connectivity index (χ0) is 20.7. The van der Waals surface area contributed by atoms with Crippen LogP contribution in [0.5, 0.6) is 0 Å². The summed E-state index contributed by atoms with van der Waals surface area (Å²) < 4.78 is 52.0. The van der Waals surface area contributed by atoms with Gasteiger partial charge in [0, 0.05) is 7.11 Å². The first-order valence-electron chi connectivity index (χ1n) is 9.30. The number of rotatable bonds is 9. The van der Waals surface area contributed by atoms with E-state index < -0.39 is 34.7 Å². The summed E-state index contributed by atoms with van der Waals surface area (Å²) in [6.45, 7) is 0.582. The minimum atomic E-state index is -3.71. The molecule has 0 bridgehead atoms. The fourth-order valence-corrected chi connectivity index (χ4v) is 3.78. The van der Waals surface area contributed by atoms with Gasteiger partial charge in [-0.05, 0) is 11.1 Å². The summed E-state index contributed by atoms with van der Waals surface area (Å²) in [5.41, 5.74) is 1.92. The standard InChI is InChI=1S/C21H26O7S/c1-24-21-20(26-14-17-11-7-4-8-12-17)19(18(15-27-21)28-29(2,22)23)25-13-16-9-5-3-6-10-16/h3-12,18-21H,13-15H2,1-2H3/t18-,19+,20-,21?/m1/s1. The van der Waals surface area contributed by atoms with Crippen molar-refractivity contribution in [3.05, 3.63) is 71.8 Å². The fourth-order valence-electron chi connectivity index (χ4n) is 3.16. The Labute approximate surface area is 171 Å². The van der Waals surface area contributed by atoms with Crippen molar-refractivity contribution in [3.63, 3.8) is 0 Å². The van der Waals surface area contributed by atoms with E-state index in [1.54, 1.807) is 0 Å². The largest absolute Gasteiger partial charge is 0.368 e. The zero-order valence-electron chi connectivity index (χ0n) is 16.5. The van der Waals surface area contributed by atoms with Crippen molar-refractivity contribution in [2.45, 2.75) is 37.8 Å². The summed E-state index contributed by atoms with van der Waals surface area (Å²) in [7, 11) is -2.20. The van der Waals surface area contributed by atoms with E-state index in [0.717, 1.165) is 17.4 Å². The predicted molar refractivity (Wildman–Crippen MR) is 107 cm³/mol. The number of hydrogen-bond donors (Lipinski definition) is 0. The smallest absolute Gasteiger partial charge is 0.264 e. The molecule has 4 atom stereocenters. The summed E-state index contributed by atoms with van der Waals surface area (Å²) in [5.74, 6) is 0. The van der Waals surface area contributed by atoms with Crippen molar-refractivity contribution < 1.29 is 31.5 Å². The van der Waals surface area contributed by atoms with Gasteiger partial charge in [0.1, 0.15) is 18.3 Å². The maximum Gasteiger partial charge on any atom is 0.264 e. The Kier molecular flexibility index (Phi) is 7.77. The Morgan fingerprint density at radius 1 is 0.897 bits per heavy atom. The van der Waals surface area contributed by atoms with Crippen molar-refractivity contribution in [1.82, 2.24) is 0 Å². The van der Waals surface area contributed by atoms with E-state index in [0.29, 0.717) is 6.61 Å². The van der Waals surface area contributed by atoms with Crippen LogP contribution >= 0.6 is 0 Å². The van der Waals surface area contributed by atoms with Crippen LogP contribution in [0.4, 0.5) is 0 Å². The highest BCUT2D eigenvalue weighted by atomic mass is 32.2. The van der Waals surface area contributed by atoms with E-state index in [1.165, 1.54) is 7.11 Å². The van der Waals surface area contributed by atoms with Gasteiger partial charge in [0.15, 0.2) is 6.29 Å². The van der Waals surface area contributed by atoms with Crippen LogP contribution in [0, 0.1) is 0 Å². The van der Waals surface area contributed by atoms with Crippen LogP contribution < -0.4 is 0 Å². The number of hydrogen-bond acceptors (Lipinski definition) is 7. The molecule has 0 aliphatic carbocycles. The molecule has 0 spiro atoms. The van der Waals surface area contributed by atoms with Crippen LogP contribution in [0.25, 0.3) is 0 Å². The molecule has 0 N–H and O–H groups in total. The van der Waals surface area contributed by atoms with Crippen LogP contribution in [0.15, 0.2) is 60.7 Å². The molecule has 0 radical (unpaired) electrons. The molecule has 8 heteroatoms. The van der Waals surface area contributed by atoms with Crippen LogP contribution in [-0.4, -0.2) is 53.0 Å². The summed E-state index contributed by atoms with van der Waals surface area (Å²) in [4.78, 5) is 0. The van der Waals surface area contributed by atoms with Crippen molar-refractivity contribution in [2.24, 2.45) is 0 Å². The molecule has 2 aromatic rings. The lowest BCUT2D eigenvalue weighted by Crippen LogP contribution is -2.57. The van der Waals surface area contributed by atoms with Crippen molar-refractivity contribution >= 4 is 10.1 Å². The highest BCUT2D eigenvalue weighted by Gasteiger charge is 2.44. The molecule has 1 heterocycles. The van der Waals surface area contributed by atoms with Crippen molar-refractivity contribution in [3.8, 4) is 0 Å². The summed E-state index contributed by atoms with van der Waals surface area (Å²) in [6, 6.07) is 19.2. The van der Waals surface area contributed by atoms with Gasteiger partial charge in [-0.1, -0.05) is 60.7 Å². The summed E-state index contributed by atoms with van der Waals surface area (Å²) in [5, 5.41) is 0. The Morgan fingerprint density at radius 3 is 1.90 bits per heavy atom. The van der Waals surface area contributed by atoms with Crippen molar-refractivity contribution in [1.29, 1.82) is 0 Å². The van der Waals surface area contributed by atoms with E-state index in [4.69, 9.17) is 23.1 Å². The molecule has 0 aromatic heterocycles. The van der Waals surface area contributed by atoms with Gasteiger partial charge in [-0.25, -0.2) is 0 Å². The first-order valence-corrected chi connectivity index (χ1v) is 11.1. The molecule has 3 rings (SSSR count). The summed E-state index contributed by atoms with van der Waals surface area (Å²) >= 11 is 0. The molecule has 1 aliphatic heterocycles. The van der Waals surface area contributed by atoms with Gasteiger partial charge >= 0.3 is 0 Å². The molecule has 1 saturated heterocycles. The van der Waals surface area contributed by atoms with Crippen LogP contribution in [0.1, 0.15) is 11.1 Å². The Bertz CT molecular complexity index is 842. The van der Waals surface area contributed by atoms with Crippen LogP contribution in [0.2, 0.25) is 0 Å². The average molecular weight is 422 g/mol. The Morgan fingerprint density at radius 2 is 1.41 bits per heavy atom. The molecule has 29 heavy (non-hydrogen) atoms. The Hall–Kier alpha value is -1.81. The SMILES string of the molecule is COC1OC[C@@H](OS(C)(=O)=O)[C@H](OCc2ccccc2)[C@H]1OCc1ccccc1. The lowest BCUT2D eigenvalue weighted by atomic mass is 10.0. The molecule has 7 nitrogen and oxygen atoms in total. The third kappa shape index (κ3) is 6.60. The van der Waals surface area contributed by atoms with Gasteiger partial charge in [-0.15, -0.1) is 0 Å². The third-order valence-electron chi connectivity index (χ3n) is 4.48. The zero-order valence-corrected chi connectivity index (χ0v) is 17.3. The normalized spacial score (nSPS) is 25.0. The topological polar surface area (TPSA) is 80.3 Å². The van der Waals surface area contributed by atoms with Gasteiger partial charge in [-0.2, -0.15) is 8.42 Å². The molecule has 1 unspecified atom stereocenters. The second kappa shape index (κ2) is 10.3. The van der Waals surface area contributed by atoms with Gasteiger partial charge in [0.05, 0.1) is 26.1 Å². The van der Waals surface area contributed by atoms with E-state index in [-0.39, 0.29) is 13.2 Å². The minimum absolute atomic E-state index is 0.0101. The molecule has 1 fully saturated rings. The van der Waals surface area contributed by atoms with Gasteiger partial charge in [0.2, 0.25) is 0 Å². The second-order valence-corrected chi connectivity index (χ2v) is 8.40. The number of ether oxygens (including phenoxy) is 4.